The monoisotopic (exact) mass is 421 g/mol. The molecule has 1 heterocycles. The second-order valence-electron chi connectivity index (χ2n) is 6.97. The lowest BCUT2D eigenvalue weighted by molar-refractivity contribution is 0.0696. The summed E-state index contributed by atoms with van der Waals surface area (Å²) in [5.74, 6) is 0.136. The summed E-state index contributed by atoms with van der Waals surface area (Å²) in [5.41, 5.74) is 1.90. The number of ketones is 1. The van der Waals surface area contributed by atoms with E-state index < -0.39 is 5.97 Å². The van der Waals surface area contributed by atoms with E-state index in [1.165, 1.54) is 25.3 Å². The highest BCUT2D eigenvalue weighted by Gasteiger charge is 2.16. The lowest BCUT2D eigenvalue weighted by Gasteiger charge is -2.15. The molecule has 0 aliphatic carbocycles. The number of phenols is 1. The van der Waals surface area contributed by atoms with Crippen LogP contribution in [0.1, 0.15) is 52.1 Å². The molecule has 7 heteroatoms. The molecule has 2 aromatic carbocycles. The van der Waals surface area contributed by atoms with E-state index in [0.29, 0.717) is 34.9 Å². The molecule has 31 heavy (non-hydrogen) atoms. The SMILES string of the molecule is CCCc1c(OCc2ccc(Oc3ccc(C(=O)O)cn3)cc2)ccc(C(C)=O)c1O. The predicted molar refractivity (Wildman–Crippen MR) is 114 cm³/mol. The number of hydrogen-bond donors (Lipinski definition) is 2. The van der Waals surface area contributed by atoms with E-state index in [0.717, 1.165) is 12.0 Å². The van der Waals surface area contributed by atoms with Gasteiger partial charge in [0.25, 0.3) is 0 Å². The van der Waals surface area contributed by atoms with Gasteiger partial charge in [-0.15, -0.1) is 0 Å². The minimum absolute atomic E-state index is 0.0167. The van der Waals surface area contributed by atoms with Crippen LogP contribution in [0.2, 0.25) is 0 Å². The van der Waals surface area contributed by atoms with Crippen LogP contribution in [0, 0.1) is 0 Å². The van der Waals surface area contributed by atoms with Gasteiger partial charge in [-0.05, 0) is 49.2 Å². The first kappa shape index (κ1) is 21.8. The molecule has 0 radical (unpaired) electrons. The molecule has 0 fully saturated rings. The van der Waals surface area contributed by atoms with Crippen molar-refractivity contribution in [2.24, 2.45) is 0 Å². The Labute approximate surface area is 179 Å². The van der Waals surface area contributed by atoms with E-state index >= 15 is 0 Å². The van der Waals surface area contributed by atoms with Gasteiger partial charge >= 0.3 is 5.97 Å². The molecule has 0 unspecified atom stereocenters. The fourth-order valence-corrected chi connectivity index (χ4v) is 3.03. The Morgan fingerprint density at radius 1 is 1.03 bits per heavy atom. The van der Waals surface area contributed by atoms with Crippen molar-refractivity contribution >= 4 is 11.8 Å². The van der Waals surface area contributed by atoms with Gasteiger partial charge in [-0.2, -0.15) is 0 Å². The van der Waals surface area contributed by atoms with Crippen LogP contribution < -0.4 is 9.47 Å². The molecule has 0 aliphatic heterocycles. The third-order valence-electron chi connectivity index (χ3n) is 4.64. The summed E-state index contributed by atoms with van der Waals surface area (Å²) in [4.78, 5) is 26.5. The lowest BCUT2D eigenvalue weighted by Crippen LogP contribution is -2.02. The van der Waals surface area contributed by atoms with Crippen LogP contribution in [-0.2, 0) is 13.0 Å². The molecule has 0 amide bonds. The van der Waals surface area contributed by atoms with Crippen molar-refractivity contribution in [3.63, 3.8) is 0 Å². The maximum Gasteiger partial charge on any atom is 0.337 e. The molecule has 0 saturated carbocycles. The van der Waals surface area contributed by atoms with Crippen molar-refractivity contribution in [2.75, 3.05) is 0 Å². The second kappa shape index (κ2) is 9.75. The molecule has 0 atom stereocenters. The molecule has 7 nitrogen and oxygen atoms in total. The summed E-state index contributed by atoms with van der Waals surface area (Å²) in [6.45, 7) is 3.69. The highest BCUT2D eigenvalue weighted by atomic mass is 16.5. The molecule has 0 saturated heterocycles. The quantitative estimate of drug-likeness (QED) is 0.468. The van der Waals surface area contributed by atoms with Crippen molar-refractivity contribution in [1.82, 2.24) is 4.98 Å². The number of benzene rings is 2. The highest BCUT2D eigenvalue weighted by molar-refractivity contribution is 5.97. The molecule has 0 bridgehead atoms. The van der Waals surface area contributed by atoms with Crippen molar-refractivity contribution < 1.29 is 29.3 Å². The van der Waals surface area contributed by atoms with Gasteiger partial charge in [-0.3, -0.25) is 4.79 Å². The number of ether oxygens (including phenoxy) is 2. The predicted octanol–water partition coefficient (Wildman–Crippen LogP) is 5.01. The smallest absolute Gasteiger partial charge is 0.337 e. The summed E-state index contributed by atoms with van der Waals surface area (Å²) >= 11 is 0. The number of carbonyl (C=O) groups excluding carboxylic acids is 1. The maximum absolute atomic E-state index is 11.7. The first-order valence-corrected chi connectivity index (χ1v) is 9.83. The van der Waals surface area contributed by atoms with Crippen molar-refractivity contribution in [3.8, 4) is 23.1 Å². The Morgan fingerprint density at radius 3 is 2.35 bits per heavy atom. The first-order chi connectivity index (χ1) is 14.9. The van der Waals surface area contributed by atoms with Crippen LogP contribution in [0.5, 0.6) is 23.1 Å². The number of Topliss-reactive ketones (excluding diaryl/α,β-unsaturated/α-hetero) is 1. The van der Waals surface area contributed by atoms with Gasteiger partial charge in [0, 0.05) is 17.8 Å². The Bertz CT molecular complexity index is 1070. The van der Waals surface area contributed by atoms with E-state index in [9.17, 15) is 14.7 Å². The number of aromatic nitrogens is 1. The minimum atomic E-state index is -1.05. The van der Waals surface area contributed by atoms with Crippen LogP contribution in [0.4, 0.5) is 0 Å². The van der Waals surface area contributed by atoms with Gasteiger partial charge in [0.15, 0.2) is 5.78 Å². The summed E-state index contributed by atoms with van der Waals surface area (Å²) in [5, 5.41) is 19.3. The molecular formula is C24H23NO6. The van der Waals surface area contributed by atoms with Crippen LogP contribution in [0.15, 0.2) is 54.7 Å². The first-order valence-electron chi connectivity index (χ1n) is 9.83. The number of pyridine rings is 1. The van der Waals surface area contributed by atoms with E-state index in [-0.39, 0.29) is 23.7 Å². The number of carbonyl (C=O) groups is 2. The Hall–Kier alpha value is -3.87. The summed E-state index contributed by atoms with van der Waals surface area (Å²) < 4.78 is 11.5. The van der Waals surface area contributed by atoms with Crippen LogP contribution in [0.3, 0.4) is 0 Å². The molecule has 2 N–H and O–H groups in total. The second-order valence-corrected chi connectivity index (χ2v) is 6.97. The summed E-state index contributed by atoms with van der Waals surface area (Å²) in [6.07, 6.45) is 2.64. The number of aromatic hydroxyl groups is 1. The van der Waals surface area contributed by atoms with Crippen LogP contribution in [0.25, 0.3) is 0 Å². The van der Waals surface area contributed by atoms with E-state index in [1.807, 2.05) is 19.1 Å². The Kier molecular flexibility index (Phi) is 6.87. The molecular weight excluding hydrogens is 398 g/mol. The molecule has 3 aromatic rings. The van der Waals surface area contributed by atoms with Crippen molar-refractivity contribution in [2.45, 2.75) is 33.3 Å². The number of carboxylic acids is 1. The molecule has 0 aliphatic rings. The largest absolute Gasteiger partial charge is 0.507 e. The zero-order valence-corrected chi connectivity index (χ0v) is 17.3. The van der Waals surface area contributed by atoms with Gasteiger partial charge in [0.2, 0.25) is 5.88 Å². The number of phenolic OH excluding ortho intramolecular Hbond substituents is 1. The lowest BCUT2D eigenvalue weighted by atomic mass is 10.0. The number of hydrogen-bond acceptors (Lipinski definition) is 6. The van der Waals surface area contributed by atoms with E-state index in [2.05, 4.69) is 4.98 Å². The average Bonchev–Trinajstić information content (AvgIpc) is 2.75. The van der Waals surface area contributed by atoms with Crippen LogP contribution in [-0.4, -0.2) is 26.9 Å². The van der Waals surface area contributed by atoms with Gasteiger partial charge in [-0.1, -0.05) is 25.5 Å². The molecule has 0 spiro atoms. The van der Waals surface area contributed by atoms with E-state index in [4.69, 9.17) is 14.6 Å². The number of aromatic carboxylic acids is 1. The van der Waals surface area contributed by atoms with Crippen LogP contribution >= 0.6 is 0 Å². The molecule has 160 valence electrons. The van der Waals surface area contributed by atoms with Crippen molar-refractivity contribution in [3.05, 3.63) is 77.0 Å². The number of nitrogens with zero attached hydrogens (tertiary/aromatic N) is 1. The zero-order valence-electron chi connectivity index (χ0n) is 17.3. The summed E-state index contributed by atoms with van der Waals surface area (Å²) in [7, 11) is 0. The topological polar surface area (TPSA) is 106 Å². The third kappa shape index (κ3) is 5.39. The highest BCUT2D eigenvalue weighted by Crippen LogP contribution is 2.33. The van der Waals surface area contributed by atoms with E-state index in [1.54, 1.807) is 24.3 Å². The van der Waals surface area contributed by atoms with Gasteiger partial charge in [-0.25, -0.2) is 9.78 Å². The maximum atomic E-state index is 11.7. The standard InChI is InChI=1S/C24H23NO6/c1-3-4-20-21(11-10-19(15(2)26)23(20)27)30-14-16-5-8-18(9-6-16)31-22-12-7-17(13-25-22)24(28)29/h5-13,27H,3-4,14H2,1-2H3,(H,28,29). The molecule has 1 aromatic heterocycles. The van der Waals surface area contributed by atoms with Gasteiger partial charge in [0.1, 0.15) is 23.9 Å². The molecule has 3 rings (SSSR count). The Morgan fingerprint density at radius 2 is 1.77 bits per heavy atom. The fourth-order valence-electron chi connectivity index (χ4n) is 3.03. The van der Waals surface area contributed by atoms with Gasteiger partial charge < -0.3 is 19.7 Å². The third-order valence-corrected chi connectivity index (χ3v) is 4.64. The fraction of sp³-hybridized carbons (Fsp3) is 0.208. The Balaban J connectivity index is 1.67. The normalized spacial score (nSPS) is 10.5. The van der Waals surface area contributed by atoms with Gasteiger partial charge in [0.05, 0.1) is 11.1 Å². The van der Waals surface area contributed by atoms with Crippen molar-refractivity contribution in [1.29, 1.82) is 0 Å². The minimum Gasteiger partial charge on any atom is -0.507 e. The number of carboxylic acid groups (broad SMARTS) is 1. The average molecular weight is 421 g/mol. The number of rotatable bonds is 9. The zero-order chi connectivity index (χ0) is 22.4. The summed E-state index contributed by atoms with van der Waals surface area (Å²) in [6, 6.07) is 13.4.